The molecule has 0 amide bonds. The maximum absolute atomic E-state index is 12.4. The van der Waals surface area contributed by atoms with E-state index in [0.29, 0.717) is 23.7 Å². The minimum absolute atomic E-state index is 0.139. The molecule has 0 fully saturated rings. The molecule has 1 rings (SSSR count). The van der Waals surface area contributed by atoms with E-state index in [1.54, 1.807) is 18.2 Å². The molecule has 18 heavy (non-hydrogen) atoms. The van der Waals surface area contributed by atoms with E-state index in [2.05, 4.69) is 0 Å². The lowest BCUT2D eigenvalue weighted by Gasteiger charge is -2.24. The highest BCUT2D eigenvalue weighted by Gasteiger charge is 2.14. The number of anilines is 2. The van der Waals surface area contributed by atoms with Gasteiger partial charge >= 0.3 is 0 Å². The highest BCUT2D eigenvalue weighted by Crippen LogP contribution is 2.28. The van der Waals surface area contributed by atoms with Crippen molar-refractivity contribution in [1.29, 1.82) is 0 Å². The number of halogens is 2. The molecule has 0 bridgehead atoms. The van der Waals surface area contributed by atoms with Gasteiger partial charge in [-0.3, -0.25) is 0 Å². The van der Waals surface area contributed by atoms with E-state index < -0.39 is 13.0 Å². The van der Waals surface area contributed by atoms with Crippen LogP contribution in [0.25, 0.3) is 0 Å². The molecule has 0 unspecified atom stereocenters. The third-order valence-electron chi connectivity index (χ3n) is 2.39. The molecular formula is C12H18F2N2O2. The molecule has 6 heteroatoms. The Bertz CT molecular complexity index is 375. The number of hydrogen-bond donors (Lipinski definition) is 2. The van der Waals surface area contributed by atoms with E-state index in [0.717, 1.165) is 0 Å². The number of nitrogens with zero attached hydrogens (tertiary/aromatic N) is 1. The van der Waals surface area contributed by atoms with Gasteiger partial charge in [0.05, 0.1) is 25.4 Å². The number of nitrogens with two attached hydrogens (primary N) is 1. The first-order chi connectivity index (χ1) is 8.58. The number of ether oxygens (including phenoxy) is 1. The second kappa shape index (κ2) is 7.00. The first-order valence-corrected chi connectivity index (χ1v) is 5.74. The zero-order valence-corrected chi connectivity index (χ0v) is 10.3. The van der Waals surface area contributed by atoms with Crippen molar-refractivity contribution in [1.82, 2.24) is 0 Å². The van der Waals surface area contributed by atoms with Gasteiger partial charge in [0.25, 0.3) is 6.43 Å². The van der Waals surface area contributed by atoms with Gasteiger partial charge in [0.15, 0.2) is 0 Å². The molecule has 1 aromatic carbocycles. The van der Waals surface area contributed by atoms with Crippen LogP contribution < -0.4 is 15.4 Å². The summed E-state index contributed by atoms with van der Waals surface area (Å²) < 4.78 is 30.2. The smallest absolute Gasteiger partial charge is 0.255 e. The van der Waals surface area contributed by atoms with Crippen LogP contribution in [0.3, 0.4) is 0 Å². The molecule has 0 atom stereocenters. The Balaban J connectivity index is 2.93. The van der Waals surface area contributed by atoms with Crippen molar-refractivity contribution < 1.29 is 18.6 Å². The minimum atomic E-state index is -2.47. The van der Waals surface area contributed by atoms with Gasteiger partial charge < -0.3 is 20.5 Å². The average Bonchev–Trinajstić information content (AvgIpc) is 2.31. The Kier molecular flexibility index (Phi) is 5.64. The van der Waals surface area contributed by atoms with Gasteiger partial charge in [-0.25, -0.2) is 8.78 Å². The first kappa shape index (κ1) is 14.5. The summed E-state index contributed by atoms with van der Waals surface area (Å²) >= 11 is 0. The number of aliphatic hydroxyl groups excluding tert-OH is 1. The van der Waals surface area contributed by atoms with E-state index >= 15 is 0 Å². The van der Waals surface area contributed by atoms with Gasteiger partial charge in [-0.1, -0.05) is 0 Å². The molecule has 0 heterocycles. The summed E-state index contributed by atoms with van der Waals surface area (Å²) in [5, 5.41) is 8.90. The predicted molar refractivity (Wildman–Crippen MR) is 67.3 cm³/mol. The quantitative estimate of drug-likeness (QED) is 0.733. The average molecular weight is 260 g/mol. The minimum Gasteiger partial charge on any atom is -0.492 e. The van der Waals surface area contributed by atoms with Crippen molar-refractivity contribution in [3.63, 3.8) is 0 Å². The lowest BCUT2D eigenvalue weighted by Crippen LogP contribution is -2.31. The molecule has 102 valence electrons. The van der Waals surface area contributed by atoms with Crippen molar-refractivity contribution in [2.24, 2.45) is 0 Å². The van der Waals surface area contributed by atoms with Crippen LogP contribution in [-0.2, 0) is 0 Å². The molecule has 0 spiro atoms. The Morgan fingerprint density at radius 3 is 2.72 bits per heavy atom. The molecule has 4 nitrogen and oxygen atoms in total. The number of rotatable bonds is 7. The number of hydrogen-bond acceptors (Lipinski definition) is 4. The number of benzene rings is 1. The van der Waals surface area contributed by atoms with Gasteiger partial charge in [-0.2, -0.15) is 0 Å². The van der Waals surface area contributed by atoms with Crippen LogP contribution in [0.4, 0.5) is 20.2 Å². The van der Waals surface area contributed by atoms with Crippen molar-refractivity contribution in [2.45, 2.75) is 13.3 Å². The molecule has 0 saturated heterocycles. The van der Waals surface area contributed by atoms with Crippen molar-refractivity contribution >= 4 is 11.4 Å². The van der Waals surface area contributed by atoms with Crippen LogP contribution in [0, 0.1) is 0 Å². The lowest BCUT2D eigenvalue weighted by molar-refractivity contribution is 0.153. The molecule has 0 saturated carbocycles. The normalized spacial score (nSPS) is 10.7. The monoisotopic (exact) mass is 260 g/mol. The third kappa shape index (κ3) is 4.03. The predicted octanol–water partition coefficient (Wildman–Crippen LogP) is 1.73. The van der Waals surface area contributed by atoms with Crippen molar-refractivity contribution in [3.8, 4) is 5.75 Å². The van der Waals surface area contributed by atoms with Crippen molar-refractivity contribution in [2.75, 3.05) is 36.9 Å². The number of aliphatic hydroxyl groups is 1. The van der Waals surface area contributed by atoms with Crippen LogP contribution in [0.2, 0.25) is 0 Å². The Hall–Kier alpha value is -1.56. The van der Waals surface area contributed by atoms with E-state index in [-0.39, 0.29) is 13.2 Å². The van der Waals surface area contributed by atoms with Gasteiger partial charge in [-0.15, -0.1) is 0 Å². The van der Waals surface area contributed by atoms with Gasteiger partial charge in [0, 0.05) is 18.3 Å². The van der Waals surface area contributed by atoms with E-state index in [1.807, 2.05) is 6.92 Å². The summed E-state index contributed by atoms with van der Waals surface area (Å²) in [6, 6.07) is 4.85. The number of alkyl halides is 2. The van der Waals surface area contributed by atoms with Gasteiger partial charge in [0.1, 0.15) is 5.75 Å². The van der Waals surface area contributed by atoms with Gasteiger partial charge in [-0.05, 0) is 19.1 Å². The van der Waals surface area contributed by atoms with Crippen LogP contribution >= 0.6 is 0 Å². The third-order valence-corrected chi connectivity index (χ3v) is 2.39. The lowest BCUT2D eigenvalue weighted by atomic mass is 10.2. The van der Waals surface area contributed by atoms with Crippen LogP contribution in [0.15, 0.2) is 18.2 Å². The number of nitrogen functional groups attached to an aromatic ring is 1. The van der Waals surface area contributed by atoms with Gasteiger partial charge in [0.2, 0.25) is 0 Å². The molecule has 0 aromatic heterocycles. The molecule has 0 aliphatic carbocycles. The molecule has 1 aromatic rings. The Morgan fingerprint density at radius 1 is 1.44 bits per heavy atom. The van der Waals surface area contributed by atoms with E-state index in [4.69, 9.17) is 15.6 Å². The first-order valence-electron chi connectivity index (χ1n) is 5.74. The summed E-state index contributed by atoms with van der Waals surface area (Å²) in [5.41, 5.74) is 6.73. The topological polar surface area (TPSA) is 58.7 Å². The van der Waals surface area contributed by atoms with Crippen LogP contribution in [-0.4, -0.2) is 37.8 Å². The molecule has 0 aliphatic heterocycles. The fourth-order valence-electron chi connectivity index (χ4n) is 1.61. The van der Waals surface area contributed by atoms with Crippen LogP contribution in [0.1, 0.15) is 6.92 Å². The summed E-state index contributed by atoms with van der Waals surface area (Å²) in [7, 11) is 0. The Morgan fingerprint density at radius 2 is 2.17 bits per heavy atom. The highest BCUT2D eigenvalue weighted by atomic mass is 19.3. The zero-order valence-electron chi connectivity index (χ0n) is 10.3. The zero-order chi connectivity index (χ0) is 13.5. The Labute approximate surface area is 105 Å². The molecule has 3 N–H and O–H groups in total. The molecule has 0 radical (unpaired) electrons. The second-order valence-corrected chi connectivity index (χ2v) is 3.72. The standard InChI is InChI=1S/C12H18F2N2O2/c1-2-18-11-7-9(3-4-10(11)15)16(5-6-17)8-12(13)14/h3-4,7,12,17H,2,5-6,8,15H2,1H3. The highest BCUT2D eigenvalue weighted by molar-refractivity contribution is 5.62. The maximum Gasteiger partial charge on any atom is 0.255 e. The van der Waals surface area contributed by atoms with E-state index in [1.165, 1.54) is 4.90 Å². The molecule has 0 aliphatic rings. The fourth-order valence-corrected chi connectivity index (χ4v) is 1.61. The molecular weight excluding hydrogens is 242 g/mol. The summed E-state index contributed by atoms with van der Waals surface area (Å²) in [6.45, 7) is 1.77. The fraction of sp³-hybridized carbons (Fsp3) is 0.500. The largest absolute Gasteiger partial charge is 0.492 e. The van der Waals surface area contributed by atoms with E-state index in [9.17, 15) is 8.78 Å². The van der Waals surface area contributed by atoms with Crippen molar-refractivity contribution in [3.05, 3.63) is 18.2 Å². The van der Waals surface area contributed by atoms with Crippen LogP contribution in [0.5, 0.6) is 5.75 Å². The summed E-state index contributed by atoms with van der Waals surface area (Å²) in [4.78, 5) is 1.40. The summed E-state index contributed by atoms with van der Waals surface area (Å²) in [6.07, 6.45) is -2.47. The maximum atomic E-state index is 12.4. The second-order valence-electron chi connectivity index (χ2n) is 3.72. The summed E-state index contributed by atoms with van der Waals surface area (Å²) in [5.74, 6) is 0.465. The SMILES string of the molecule is CCOc1cc(N(CCO)CC(F)F)ccc1N.